The van der Waals surface area contributed by atoms with Crippen LogP contribution in [0.1, 0.15) is 13.3 Å². The molecule has 0 heterocycles. The van der Waals surface area contributed by atoms with Crippen LogP contribution in [0.3, 0.4) is 0 Å². The van der Waals surface area contributed by atoms with Crippen LogP contribution < -0.4 is 24.8 Å². The number of allylic oxidation sites excluding steroid dienone is 4. The van der Waals surface area contributed by atoms with Gasteiger partial charge in [0.25, 0.3) is 0 Å². The number of carbonyl (C=O) groups excluding carboxylic acids is 1. The summed E-state index contributed by atoms with van der Waals surface area (Å²) in [5.74, 6) is 0.201. The van der Waals surface area contributed by atoms with Gasteiger partial charge in [-0.25, -0.2) is 0 Å². The smallest absolute Gasteiger partial charge is 1.00 e. The number of amides is 1. The topological polar surface area (TPSA) is 40.9 Å². The Bertz CT molecular complexity index is 306. The Morgan fingerprint density at radius 2 is 2.00 bits per heavy atom. The summed E-state index contributed by atoms with van der Waals surface area (Å²) < 4.78 is 0. The van der Waals surface area contributed by atoms with Gasteiger partial charge in [-0.3, -0.25) is 0 Å². The molecule has 1 rings (SSSR count). The van der Waals surface area contributed by atoms with Gasteiger partial charge in [-0.2, -0.15) is 13.0 Å². The third-order valence-corrected chi connectivity index (χ3v) is 6.26. The van der Waals surface area contributed by atoms with Gasteiger partial charge in [0.15, 0.2) is 0 Å². The van der Waals surface area contributed by atoms with Crippen LogP contribution in [-0.4, -0.2) is 14.0 Å². The third-order valence-electron chi connectivity index (χ3n) is 2.74. The normalized spacial score (nSPS) is 12.8. The van der Waals surface area contributed by atoms with Crippen LogP contribution in [0.5, 0.6) is 0 Å². The second kappa shape index (κ2) is 9.43. The number of rotatable bonds is 4. The maximum absolute atomic E-state index is 10.9. The summed E-state index contributed by atoms with van der Waals surface area (Å²) in [6.45, 7) is 6.31. The molecule has 1 amide bonds. The summed E-state index contributed by atoms with van der Waals surface area (Å²) in [4.78, 5) is 10.9. The average Bonchev–Trinajstić information content (AvgIpc) is 2.54. The van der Waals surface area contributed by atoms with Crippen molar-refractivity contribution in [3.05, 3.63) is 35.1 Å². The summed E-state index contributed by atoms with van der Waals surface area (Å²) in [5, 5.41) is 1.48. The van der Waals surface area contributed by atoms with Crippen LogP contribution >= 0.6 is 0 Å². The zero-order valence-electron chi connectivity index (χ0n) is 10.3. The van der Waals surface area contributed by atoms with Crippen molar-refractivity contribution >= 4 is 14.0 Å². The molecule has 6 heteroatoms. The molecule has 1 aliphatic carbocycles. The molecule has 0 saturated heterocycles. The van der Waals surface area contributed by atoms with Crippen molar-refractivity contribution in [2.45, 2.75) is 32.5 Å². The van der Waals surface area contributed by atoms with Crippen LogP contribution in [0.4, 0.5) is 0 Å². The molecular formula is C11H17Cl2NOSiZr. The minimum atomic E-state index is -1.48. The summed E-state index contributed by atoms with van der Waals surface area (Å²) in [6, 6.07) is 0.822. The second-order valence-corrected chi connectivity index (χ2v) is 9.26. The summed E-state index contributed by atoms with van der Waals surface area (Å²) in [6.07, 6.45) is 7.45. The van der Waals surface area contributed by atoms with Gasteiger partial charge >= 0.3 is 26.2 Å². The molecule has 0 spiro atoms. The van der Waals surface area contributed by atoms with Gasteiger partial charge in [-0.05, 0) is 6.42 Å². The fraction of sp³-hybridized carbons (Fsp3) is 0.455. The molecule has 0 bridgehead atoms. The first kappa shape index (κ1) is 22.7. The molecule has 0 fully saturated rings. The van der Waals surface area contributed by atoms with Gasteiger partial charge in [0, 0.05) is 8.07 Å². The van der Waals surface area contributed by atoms with Gasteiger partial charge in [-0.15, -0.1) is 0 Å². The maximum Gasteiger partial charge on any atom is 4.00 e. The quantitative estimate of drug-likeness (QED) is 0.393. The van der Waals surface area contributed by atoms with Gasteiger partial charge in [-0.1, -0.05) is 42.4 Å². The molecule has 0 radical (unpaired) electrons. The number of hydrogen-bond donors (Lipinski definition) is 0. The fourth-order valence-corrected chi connectivity index (χ4v) is 4.74. The van der Waals surface area contributed by atoms with E-state index in [9.17, 15) is 4.79 Å². The zero-order chi connectivity index (χ0) is 10.8. The molecule has 1 aliphatic rings. The number of halogens is 2. The molecule has 0 unspecified atom stereocenters. The van der Waals surface area contributed by atoms with Gasteiger partial charge in [0.05, 0.1) is 0 Å². The maximum atomic E-state index is 10.9. The molecule has 0 aromatic carbocycles. The van der Waals surface area contributed by atoms with Crippen LogP contribution in [0, 0.1) is 5.92 Å². The predicted octanol–water partition coefficient (Wildman–Crippen LogP) is -2.70. The second-order valence-electron chi connectivity index (χ2n) is 4.49. The van der Waals surface area contributed by atoms with Crippen molar-refractivity contribution in [3.8, 4) is 0 Å². The van der Waals surface area contributed by atoms with Crippen LogP contribution in [0.15, 0.2) is 23.4 Å². The standard InChI is InChI=1S/C11H18NOSi.2ClH.Zr/c1-9(11(12)13)8-14(2,3)10-6-4-5-7-10;;;/h4-6H,7-8H2,1-3H3,(H2,12,13);2*1H;/q-1;;;+4/p-3. The molecule has 0 atom stereocenters. The molecular weight excluding hydrogens is 352 g/mol. The Morgan fingerprint density at radius 1 is 1.47 bits per heavy atom. The number of nitrogens with one attached hydrogen (secondary N) is 1. The Hall–Kier alpha value is 0.500. The molecule has 0 saturated carbocycles. The predicted molar refractivity (Wildman–Crippen MR) is 62.4 cm³/mol. The van der Waals surface area contributed by atoms with Gasteiger partial charge in [0.2, 0.25) is 0 Å². The van der Waals surface area contributed by atoms with Crippen LogP contribution in [-0.2, 0) is 31.0 Å². The van der Waals surface area contributed by atoms with E-state index in [0.29, 0.717) is 5.92 Å². The van der Waals surface area contributed by atoms with E-state index in [1.54, 1.807) is 6.92 Å². The van der Waals surface area contributed by atoms with Crippen molar-refractivity contribution in [2.24, 2.45) is 0 Å². The van der Waals surface area contributed by atoms with Crippen molar-refractivity contribution in [1.29, 1.82) is 0 Å². The third kappa shape index (κ3) is 6.85. The van der Waals surface area contributed by atoms with Gasteiger partial charge < -0.3 is 41.3 Å². The van der Waals surface area contributed by atoms with Crippen molar-refractivity contribution < 1.29 is 55.8 Å². The minimum Gasteiger partial charge on any atom is -1.00 e. The minimum absolute atomic E-state index is 0. The largest absolute Gasteiger partial charge is 4.00 e. The van der Waals surface area contributed by atoms with E-state index in [0.717, 1.165) is 12.5 Å². The molecule has 2 nitrogen and oxygen atoms in total. The Kier molecular flexibility index (Phi) is 12.6. The first-order valence-corrected chi connectivity index (χ1v) is 8.09. The van der Waals surface area contributed by atoms with E-state index in [4.69, 9.17) is 5.73 Å². The Morgan fingerprint density at radius 3 is 2.35 bits per heavy atom. The zero-order valence-corrected chi connectivity index (χ0v) is 15.3. The number of carbonyl (C=O) groups is 1. The molecule has 0 aliphatic heterocycles. The van der Waals surface area contributed by atoms with Crippen LogP contribution in [0.25, 0.3) is 5.73 Å². The van der Waals surface area contributed by atoms with Crippen molar-refractivity contribution in [2.75, 3.05) is 0 Å². The first-order valence-electron chi connectivity index (χ1n) is 4.88. The van der Waals surface area contributed by atoms with Gasteiger partial charge in [0.1, 0.15) is 0 Å². The fourth-order valence-electron chi connectivity index (χ4n) is 1.81. The SMILES string of the molecule is C[C-](C[Si](C)(C)C1=CC=CC1)C([NH-])=O.[Cl-].[Cl-].[Zr+4]. The molecule has 1 N–H and O–H groups in total. The van der Waals surface area contributed by atoms with E-state index in [1.807, 2.05) is 0 Å². The van der Waals surface area contributed by atoms with E-state index < -0.39 is 14.0 Å². The van der Waals surface area contributed by atoms with E-state index in [1.165, 1.54) is 5.20 Å². The molecule has 0 aromatic rings. The van der Waals surface area contributed by atoms with E-state index in [2.05, 4.69) is 31.3 Å². The molecule has 17 heavy (non-hydrogen) atoms. The number of hydrogen-bond acceptors (Lipinski definition) is 1. The summed E-state index contributed by atoms with van der Waals surface area (Å²) in [5.41, 5.74) is 7.05. The molecule has 0 aromatic heterocycles. The Labute approximate surface area is 136 Å². The van der Waals surface area contributed by atoms with Crippen molar-refractivity contribution in [1.82, 2.24) is 0 Å². The van der Waals surface area contributed by atoms with E-state index >= 15 is 0 Å². The van der Waals surface area contributed by atoms with Crippen molar-refractivity contribution in [3.63, 3.8) is 0 Å². The van der Waals surface area contributed by atoms with Crippen LogP contribution in [0.2, 0.25) is 19.1 Å². The molecule has 94 valence electrons. The van der Waals surface area contributed by atoms with E-state index in [-0.39, 0.29) is 51.0 Å². The summed E-state index contributed by atoms with van der Waals surface area (Å²) >= 11 is 0. The first-order chi connectivity index (χ1) is 6.43. The summed E-state index contributed by atoms with van der Waals surface area (Å²) in [7, 11) is -1.48. The monoisotopic (exact) mass is 367 g/mol. The average molecular weight is 369 g/mol. The Balaban J connectivity index is -0.000000653.